The number of nitrogens with zero attached hydrogens (tertiary/aromatic N) is 6. The number of nitro benzene ring substituents is 1. The molecule has 11 heteroatoms. The van der Waals surface area contributed by atoms with Crippen molar-refractivity contribution in [1.82, 2.24) is 24.3 Å². The molecule has 5 rings (SSSR count). The minimum Gasteiger partial charge on any atom is -0.461 e. The summed E-state index contributed by atoms with van der Waals surface area (Å²) < 4.78 is 8.93. The highest BCUT2D eigenvalue weighted by Gasteiger charge is 2.28. The first-order valence-corrected chi connectivity index (χ1v) is 10.5. The number of carbonyl (C=O) groups excluding carboxylic acids is 1. The Kier molecular flexibility index (Phi) is 5.14. The van der Waals surface area contributed by atoms with Gasteiger partial charge in [-0.25, -0.2) is 9.78 Å². The van der Waals surface area contributed by atoms with Crippen molar-refractivity contribution in [2.24, 2.45) is 0 Å². The van der Waals surface area contributed by atoms with Crippen LogP contribution in [0.1, 0.15) is 34.5 Å². The number of hydrogen-bond acceptors (Lipinski definition) is 7. The first-order chi connectivity index (χ1) is 16.0. The maximum Gasteiger partial charge on any atom is 0.358 e. The van der Waals surface area contributed by atoms with Crippen LogP contribution < -0.4 is 0 Å². The van der Waals surface area contributed by atoms with Crippen LogP contribution in [0, 0.1) is 10.1 Å². The number of esters is 1. The van der Waals surface area contributed by atoms with Crippen LogP contribution in [0.25, 0.3) is 17.1 Å². The van der Waals surface area contributed by atoms with Crippen LogP contribution in [-0.2, 0) is 17.7 Å². The van der Waals surface area contributed by atoms with Gasteiger partial charge in [-0.05, 0) is 30.7 Å². The molecule has 2 aromatic carbocycles. The largest absolute Gasteiger partial charge is 0.461 e. The Balaban J connectivity index is 1.63. The fourth-order valence-electron chi connectivity index (χ4n) is 3.90. The fourth-order valence-corrected chi connectivity index (χ4v) is 4.07. The quantitative estimate of drug-likeness (QED) is 0.220. The second-order valence-corrected chi connectivity index (χ2v) is 7.85. The minimum absolute atomic E-state index is 0.0189. The predicted molar refractivity (Wildman–Crippen MR) is 119 cm³/mol. The molecule has 1 aliphatic heterocycles. The maximum absolute atomic E-state index is 12.6. The molecule has 4 aromatic rings. The van der Waals surface area contributed by atoms with Crippen molar-refractivity contribution in [1.29, 1.82) is 0 Å². The van der Waals surface area contributed by atoms with Gasteiger partial charge < -0.3 is 9.30 Å². The molecule has 0 spiro atoms. The smallest absolute Gasteiger partial charge is 0.358 e. The van der Waals surface area contributed by atoms with E-state index in [1.807, 2.05) is 15.2 Å². The second kappa shape index (κ2) is 8.14. The Morgan fingerprint density at radius 2 is 2.00 bits per heavy atom. The van der Waals surface area contributed by atoms with Crippen LogP contribution in [-0.4, -0.2) is 41.8 Å². The topological polar surface area (TPSA) is 118 Å². The van der Waals surface area contributed by atoms with Gasteiger partial charge in [0.05, 0.1) is 29.5 Å². The van der Waals surface area contributed by atoms with Gasteiger partial charge in [0.25, 0.3) is 5.69 Å². The van der Waals surface area contributed by atoms with E-state index in [1.54, 1.807) is 37.5 Å². The number of hydrogen-bond donors (Lipinski definition) is 0. The monoisotopic (exact) mass is 464 g/mol. The van der Waals surface area contributed by atoms with Gasteiger partial charge in [0.1, 0.15) is 12.2 Å². The fraction of sp³-hybridized carbons (Fsp3) is 0.182. The third kappa shape index (κ3) is 3.64. The Labute approximate surface area is 192 Å². The Hall–Kier alpha value is -4.05. The Morgan fingerprint density at radius 3 is 2.73 bits per heavy atom. The van der Waals surface area contributed by atoms with Crippen LogP contribution in [0.3, 0.4) is 0 Å². The molecule has 166 valence electrons. The van der Waals surface area contributed by atoms with E-state index in [4.69, 9.17) is 16.3 Å². The summed E-state index contributed by atoms with van der Waals surface area (Å²) in [7, 11) is 0. The number of benzene rings is 2. The van der Waals surface area contributed by atoms with Crippen molar-refractivity contribution in [2.45, 2.75) is 19.9 Å². The second-order valence-electron chi connectivity index (χ2n) is 7.42. The molecule has 0 aliphatic carbocycles. The van der Waals surface area contributed by atoms with Crippen molar-refractivity contribution < 1.29 is 14.5 Å². The van der Waals surface area contributed by atoms with Gasteiger partial charge in [-0.15, -0.1) is 10.2 Å². The Bertz CT molecular complexity index is 1390. The summed E-state index contributed by atoms with van der Waals surface area (Å²) in [6, 6.07) is 11.7. The zero-order valence-corrected chi connectivity index (χ0v) is 18.2. The van der Waals surface area contributed by atoms with Crippen molar-refractivity contribution in [2.75, 3.05) is 6.61 Å². The number of non-ortho nitro benzene ring substituents is 1. The van der Waals surface area contributed by atoms with E-state index >= 15 is 0 Å². The van der Waals surface area contributed by atoms with Crippen LogP contribution >= 0.6 is 11.6 Å². The average molecular weight is 465 g/mol. The number of ether oxygens (including phenoxy) is 1. The van der Waals surface area contributed by atoms with Crippen molar-refractivity contribution in [3.63, 3.8) is 0 Å². The third-order valence-corrected chi connectivity index (χ3v) is 5.67. The lowest BCUT2D eigenvalue weighted by atomic mass is 10.1. The predicted octanol–water partition coefficient (Wildman–Crippen LogP) is 3.82. The van der Waals surface area contributed by atoms with Gasteiger partial charge in [-0.3, -0.25) is 14.7 Å². The average Bonchev–Trinajstić information content (AvgIpc) is 3.36. The number of halogens is 1. The molecule has 0 N–H and O–H groups in total. The van der Waals surface area contributed by atoms with E-state index in [-0.39, 0.29) is 24.5 Å². The van der Waals surface area contributed by atoms with Crippen molar-refractivity contribution >= 4 is 23.3 Å². The van der Waals surface area contributed by atoms with Gasteiger partial charge in [0.15, 0.2) is 11.5 Å². The number of rotatable bonds is 5. The number of aromatic nitrogens is 5. The molecule has 2 aromatic heterocycles. The van der Waals surface area contributed by atoms with Crippen LogP contribution in [0.15, 0.2) is 48.8 Å². The first-order valence-electron chi connectivity index (χ1n) is 10.1. The first kappa shape index (κ1) is 20.8. The lowest BCUT2D eigenvalue weighted by Crippen LogP contribution is -2.13. The summed E-state index contributed by atoms with van der Waals surface area (Å²) in [5, 5.41) is 20.3. The lowest BCUT2D eigenvalue weighted by Gasteiger charge is -2.09. The van der Waals surface area contributed by atoms with Gasteiger partial charge in [-0.2, -0.15) is 0 Å². The van der Waals surface area contributed by atoms with Crippen LogP contribution in [0.5, 0.6) is 0 Å². The number of nitro groups is 1. The van der Waals surface area contributed by atoms with Gasteiger partial charge in [0, 0.05) is 29.1 Å². The number of carbonyl (C=O) groups is 1. The van der Waals surface area contributed by atoms with E-state index in [1.165, 1.54) is 12.1 Å². The maximum atomic E-state index is 12.6. The highest BCUT2D eigenvalue weighted by molar-refractivity contribution is 6.31. The zero-order valence-electron chi connectivity index (χ0n) is 17.4. The number of fused-ring (bicyclic) bond motifs is 5. The molecule has 0 saturated carbocycles. The summed E-state index contributed by atoms with van der Waals surface area (Å²) >= 11 is 6.29. The van der Waals surface area contributed by atoms with E-state index < -0.39 is 10.9 Å². The van der Waals surface area contributed by atoms with Gasteiger partial charge in [0.2, 0.25) is 0 Å². The molecule has 0 unspecified atom stereocenters. The van der Waals surface area contributed by atoms with Crippen molar-refractivity contribution in [3.05, 3.63) is 86.7 Å². The third-order valence-electron chi connectivity index (χ3n) is 5.44. The summed E-state index contributed by atoms with van der Waals surface area (Å²) in [6.07, 6.45) is 1.98. The summed E-state index contributed by atoms with van der Waals surface area (Å²) in [6.45, 7) is 2.26. The van der Waals surface area contributed by atoms with Crippen LogP contribution in [0.2, 0.25) is 5.02 Å². The minimum atomic E-state index is -0.504. The lowest BCUT2D eigenvalue weighted by molar-refractivity contribution is -0.384. The molecule has 0 bridgehead atoms. The van der Waals surface area contributed by atoms with E-state index in [0.717, 1.165) is 16.8 Å². The standard InChI is InChI=1S/C22H17ClN6O4/c1-2-33-22(30)20-18-11-27-19(9-13-3-6-15(7-4-13)29(31)32)25-26-21(27)16-10-14(23)5-8-17(16)28(18)12-24-20/h3-8,10,12H,2,9,11H2,1H3. The summed E-state index contributed by atoms with van der Waals surface area (Å²) in [5.74, 6) is 0.729. The molecule has 33 heavy (non-hydrogen) atoms. The summed E-state index contributed by atoms with van der Waals surface area (Å²) in [5.41, 5.74) is 3.24. The van der Waals surface area contributed by atoms with Gasteiger partial charge >= 0.3 is 5.97 Å². The molecule has 0 saturated heterocycles. The van der Waals surface area contributed by atoms with Gasteiger partial charge in [-0.1, -0.05) is 23.7 Å². The summed E-state index contributed by atoms with van der Waals surface area (Å²) in [4.78, 5) is 27.4. The zero-order chi connectivity index (χ0) is 23.1. The molecule has 0 atom stereocenters. The van der Waals surface area contributed by atoms with Crippen molar-refractivity contribution in [3.8, 4) is 17.1 Å². The van der Waals surface area contributed by atoms with E-state index in [2.05, 4.69) is 15.2 Å². The SMILES string of the molecule is CCOC(=O)c1ncn2c1Cn1c(Cc3ccc([N+](=O)[O-])cc3)nnc1-c1cc(Cl)ccc1-2. The highest BCUT2D eigenvalue weighted by Crippen LogP contribution is 2.34. The van der Waals surface area contributed by atoms with Crippen LogP contribution in [0.4, 0.5) is 5.69 Å². The number of imidazole rings is 1. The molecule has 1 aliphatic rings. The van der Waals surface area contributed by atoms with E-state index in [9.17, 15) is 14.9 Å². The molecule has 3 heterocycles. The van der Waals surface area contributed by atoms with E-state index in [0.29, 0.717) is 28.8 Å². The molecule has 0 radical (unpaired) electrons. The molecular weight excluding hydrogens is 448 g/mol. The Morgan fingerprint density at radius 1 is 1.21 bits per heavy atom. The molecule has 10 nitrogen and oxygen atoms in total. The molecule has 0 fully saturated rings. The highest BCUT2D eigenvalue weighted by atomic mass is 35.5. The molecular formula is C22H17ClN6O4. The molecule has 0 amide bonds. The normalized spacial score (nSPS) is 11.8.